The van der Waals surface area contributed by atoms with Crippen LogP contribution >= 0.6 is 0 Å². The highest BCUT2D eigenvalue weighted by Crippen LogP contribution is 2.24. The number of amides is 1. The predicted octanol–water partition coefficient (Wildman–Crippen LogP) is 1.23. The maximum Gasteiger partial charge on any atom is 0.251 e. The fourth-order valence-corrected chi connectivity index (χ4v) is 1.78. The molecule has 5 nitrogen and oxygen atoms in total. The van der Waals surface area contributed by atoms with E-state index in [-0.39, 0.29) is 12.0 Å². The molecule has 5 heteroatoms. The van der Waals surface area contributed by atoms with E-state index in [2.05, 4.69) is 5.32 Å². The number of nitrogens with one attached hydrogen (secondary N) is 1. The first-order valence-corrected chi connectivity index (χ1v) is 6.52. The number of nitrogen functional groups attached to an aromatic ring is 1. The molecule has 1 rings (SSSR count). The van der Waals surface area contributed by atoms with Gasteiger partial charge in [-0.2, -0.15) is 0 Å². The maximum absolute atomic E-state index is 11.8. The molecule has 0 aliphatic carbocycles. The Bertz CT molecular complexity index is 433. The van der Waals surface area contributed by atoms with Gasteiger partial charge in [0.25, 0.3) is 5.91 Å². The van der Waals surface area contributed by atoms with Crippen molar-refractivity contribution < 1.29 is 9.90 Å². The van der Waals surface area contributed by atoms with E-state index in [1.165, 1.54) is 0 Å². The van der Waals surface area contributed by atoms with Crippen molar-refractivity contribution in [1.82, 2.24) is 5.32 Å². The highest BCUT2D eigenvalue weighted by molar-refractivity contribution is 5.96. The van der Waals surface area contributed by atoms with E-state index in [1.54, 1.807) is 25.1 Å². The van der Waals surface area contributed by atoms with Gasteiger partial charge in [-0.3, -0.25) is 4.79 Å². The van der Waals surface area contributed by atoms with Crippen molar-refractivity contribution in [3.63, 3.8) is 0 Å². The summed E-state index contributed by atoms with van der Waals surface area (Å²) >= 11 is 0. The summed E-state index contributed by atoms with van der Waals surface area (Å²) in [7, 11) is 1.90. The molecule has 1 unspecified atom stereocenters. The third-order valence-corrected chi connectivity index (χ3v) is 2.92. The van der Waals surface area contributed by atoms with Crippen molar-refractivity contribution >= 4 is 17.3 Å². The minimum absolute atomic E-state index is 0.104. The lowest BCUT2D eigenvalue weighted by molar-refractivity contribution is 0.0956. The second kappa shape index (κ2) is 6.99. The topological polar surface area (TPSA) is 78.6 Å². The fraction of sp³-hybridized carbons (Fsp3) is 0.500. The van der Waals surface area contributed by atoms with Crippen LogP contribution < -0.4 is 16.0 Å². The smallest absolute Gasteiger partial charge is 0.251 e. The van der Waals surface area contributed by atoms with Gasteiger partial charge in [0.1, 0.15) is 0 Å². The Morgan fingerprint density at radius 3 is 2.79 bits per heavy atom. The first-order chi connectivity index (χ1) is 8.95. The summed E-state index contributed by atoms with van der Waals surface area (Å²) < 4.78 is 0. The summed E-state index contributed by atoms with van der Waals surface area (Å²) in [5.41, 5.74) is 7.96. The number of carbonyl (C=O) groups excluding carboxylic acids is 1. The molecular formula is C14H23N3O2. The van der Waals surface area contributed by atoms with Gasteiger partial charge in [-0.25, -0.2) is 0 Å². The van der Waals surface area contributed by atoms with Crippen LogP contribution in [0.25, 0.3) is 0 Å². The number of nitrogens with zero attached hydrogens (tertiary/aromatic N) is 1. The van der Waals surface area contributed by atoms with E-state index in [4.69, 9.17) is 5.73 Å². The van der Waals surface area contributed by atoms with Crippen molar-refractivity contribution in [2.24, 2.45) is 0 Å². The van der Waals surface area contributed by atoms with Crippen LogP contribution in [0.1, 0.15) is 30.6 Å². The van der Waals surface area contributed by atoms with Gasteiger partial charge in [0.15, 0.2) is 0 Å². The minimum atomic E-state index is -0.352. The van der Waals surface area contributed by atoms with E-state index in [9.17, 15) is 9.90 Å². The molecule has 19 heavy (non-hydrogen) atoms. The van der Waals surface area contributed by atoms with Crippen LogP contribution in [-0.4, -0.2) is 37.3 Å². The molecule has 0 fully saturated rings. The number of aliphatic hydroxyl groups is 1. The highest BCUT2D eigenvalue weighted by atomic mass is 16.3. The van der Waals surface area contributed by atoms with E-state index in [0.29, 0.717) is 30.8 Å². The Kier molecular flexibility index (Phi) is 5.63. The second-order valence-corrected chi connectivity index (χ2v) is 4.69. The normalized spacial score (nSPS) is 12.0. The number of anilines is 2. The van der Waals surface area contributed by atoms with Crippen LogP contribution in [0.15, 0.2) is 18.2 Å². The van der Waals surface area contributed by atoms with Crippen LogP contribution in [0, 0.1) is 0 Å². The molecule has 0 spiro atoms. The molecule has 1 atom stereocenters. The molecule has 0 radical (unpaired) electrons. The second-order valence-electron chi connectivity index (χ2n) is 4.69. The molecule has 0 aliphatic rings. The number of hydrogen-bond donors (Lipinski definition) is 3. The van der Waals surface area contributed by atoms with Crippen molar-refractivity contribution in [2.75, 3.05) is 30.8 Å². The summed E-state index contributed by atoms with van der Waals surface area (Å²) in [4.78, 5) is 13.7. The molecule has 0 heterocycles. The van der Waals surface area contributed by atoms with E-state index in [0.717, 1.165) is 5.69 Å². The Morgan fingerprint density at radius 1 is 1.53 bits per heavy atom. The minimum Gasteiger partial charge on any atom is -0.397 e. The first-order valence-electron chi connectivity index (χ1n) is 6.52. The van der Waals surface area contributed by atoms with Gasteiger partial charge in [-0.05, 0) is 38.5 Å². The quantitative estimate of drug-likeness (QED) is 0.676. The molecule has 1 aromatic rings. The standard InChI is InChI=1S/C14H23N3O2/c1-4-16-14(19)11-5-6-12(15)13(9-11)17(3)8-7-10(2)18/h5-6,9-10,18H,4,7-8,15H2,1-3H3,(H,16,19). The molecule has 106 valence electrons. The SMILES string of the molecule is CCNC(=O)c1ccc(N)c(N(C)CCC(C)O)c1. The average molecular weight is 265 g/mol. The molecule has 0 saturated heterocycles. The highest BCUT2D eigenvalue weighted by Gasteiger charge is 2.11. The molecule has 0 aromatic heterocycles. The van der Waals surface area contributed by atoms with Gasteiger partial charge in [-0.1, -0.05) is 0 Å². The van der Waals surface area contributed by atoms with Crippen LogP contribution in [-0.2, 0) is 0 Å². The van der Waals surface area contributed by atoms with Crippen molar-refractivity contribution in [1.29, 1.82) is 0 Å². The van der Waals surface area contributed by atoms with E-state index < -0.39 is 0 Å². The summed E-state index contributed by atoms with van der Waals surface area (Å²) in [5.74, 6) is -0.104. The van der Waals surface area contributed by atoms with Gasteiger partial charge < -0.3 is 21.1 Å². The molecule has 4 N–H and O–H groups in total. The lowest BCUT2D eigenvalue weighted by Crippen LogP contribution is -2.25. The first kappa shape index (κ1) is 15.3. The number of benzene rings is 1. The van der Waals surface area contributed by atoms with Crippen molar-refractivity contribution in [2.45, 2.75) is 26.4 Å². The fourth-order valence-electron chi connectivity index (χ4n) is 1.78. The summed E-state index contributed by atoms with van der Waals surface area (Å²) in [6.45, 7) is 4.91. The van der Waals surface area contributed by atoms with Gasteiger partial charge in [0.05, 0.1) is 17.5 Å². The zero-order chi connectivity index (χ0) is 14.4. The summed E-state index contributed by atoms with van der Waals surface area (Å²) in [6.07, 6.45) is 0.302. The third-order valence-electron chi connectivity index (χ3n) is 2.92. The molecular weight excluding hydrogens is 242 g/mol. The van der Waals surface area contributed by atoms with Crippen LogP contribution in [0.2, 0.25) is 0 Å². The van der Waals surface area contributed by atoms with Gasteiger partial charge in [-0.15, -0.1) is 0 Å². The molecule has 1 amide bonds. The molecule has 0 bridgehead atoms. The molecule has 0 saturated carbocycles. The molecule has 1 aromatic carbocycles. The summed E-state index contributed by atoms with van der Waals surface area (Å²) in [5, 5.41) is 12.1. The number of rotatable bonds is 6. The van der Waals surface area contributed by atoms with Crippen LogP contribution in [0.4, 0.5) is 11.4 Å². The number of nitrogens with two attached hydrogens (primary N) is 1. The van der Waals surface area contributed by atoms with Gasteiger partial charge in [0, 0.05) is 25.7 Å². The number of hydrogen-bond acceptors (Lipinski definition) is 4. The third kappa shape index (κ3) is 4.44. The Labute approximate surface area is 114 Å². The van der Waals surface area contributed by atoms with E-state index in [1.807, 2.05) is 18.9 Å². The largest absolute Gasteiger partial charge is 0.397 e. The number of aliphatic hydroxyl groups excluding tert-OH is 1. The molecule has 0 aliphatic heterocycles. The van der Waals surface area contributed by atoms with Crippen LogP contribution in [0.5, 0.6) is 0 Å². The average Bonchev–Trinajstić information content (AvgIpc) is 2.36. The maximum atomic E-state index is 11.8. The van der Waals surface area contributed by atoms with Crippen molar-refractivity contribution in [3.8, 4) is 0 Å². The zero-order valence-electron chi connectivity index (χ0n) is 11.8. The lowest BCUT2D eigenvalue weighted by atomic mass is 10.1. The predicted molar refractivity (Wildman–Crippen MR) is 78.4 cm³/mol. The van der Waals surface area contributed by atoms with Gasteiger partial charge in [0.2, 0.25) is 0 Å². The van der Waals surface area contributed by atoms with Crippen molar-refractivity contribution in [3.05, 3.63) is 23.8 Å². The van der Waals surface area contributed by atoms with Crippen LogP contribution in [0.3, 0.4) is 0 Å². The summed E-state index contributed by atoms with van der Waals surface area (Å²) in [6, 6.07) is 5.23. The zero-order valence-corrected chi connectivity index (χ0v) is 11.8. The Balaban J connectivity index is 2.87. The Hall–Kier alpha value is -1.75. The Morgan fingerprint density at radius 2 is 2.21 bits per heavy atom. The van der Waals surface area contributed by atoms with Gasteiger partial charge >= 0.3 is 0 Å². The van der Waals surface area contributed by atoms with E-state index >= 15 is 0 Å². The lowest BCUT2D eigenvalue weighted by Gasteiger charge is -2.22. The number of carbonyl (C=O) groups is 1. The monoisotopic (exact) mass is 265 g/mol.